The van der Waals surface area contributed by atoms with Gasteiger partial charge < -0.3 is 14.6 Å². The fourth-order valence-corrected chi connectivity index (χ4v) is 2.51. The Balaban J connectivity index is 2.51. The monoisotopic (exact) mass is 336 g/mol. The van der Waals surface area contributed by atoms with E-state index in [1.807, 2.05) is 31.2 Å². The van der Waals surface area contributed by atoms with Crippen LogP contribution in [0, 0.1) is 5.92 Å². The van der Waals surface area contributed by atoms with Crippen molar-refractivity contribution >= 4 is 11.9 Å². The number of hydrogen-bond donors (Lipinski definition) is 1. The Kier molecular flexibility index (Phi) is 8.90. The van der Waals surface area contributed by atoms with Crippen LogP contribution in [0.25, 0.3) is 0 Å². The highest BCUT2D eigenvalue weighted by molar-refractivity contribution is 5.71. The van der Waals surface area contributed by atoms with Crippen LogP contribution < -0.4 is 4.74 Å². The molecule has 0 aliphatic carbocycles. The van der Waals surface area contributed by atoms with Crippen LogP contribution in [-0.2, 0) is 20.7 Å². The lowest BCUT2D eigenvalue weighted by atomic mass is 9.95. The Bertz CT molecular complexity index is 509. The van der Waals surface area contributed by atoms with Crippen LogP contribution in [-0.4, -0.2) is 30.3 Å². The molecule has 0 saturated heterocycles. The lowest BCUT2D eigenvalue weighted by Crippen LogP contribution is -2.28. The minimum absolute atomic E-state index is 0.0472. The number of aliphatic carboxylic acids is 1. The summed E-state index contributed by atoms with van der Waals surface area (Å²) in [4.78, 5) is 23.1. The fourth-order valence-electron chi connectivity index (χ4n) is 2.51. The van der Waals surface area contributed by atoms with Gasteiger partial charge in [-0.05, 0) is 36.5 Å². The van der Waals surface area contributed by atoms with Gasteiger partial charge in [0.05, 0.1) is 13.5 Å². The van der Waals surface area contributed by atoms with Gasteiger partial charge in [-0.15, -0.1) is 0 Å². The van der Waals surface area contributed by atoms with Gasteiger partial charge in [0.1, 0.15) is 11.9 Å². The number of carbonyl (C=O) groups is 2. The van der Waals surface area contributed by atoms with E-state index in [0.717, 1.165) is 30.6 Å². The summed E-state index contributed by atoms with van der Waals surface area (Å²) < 4.78 is 10.5. The third kappa shape index (κ3) is 7.49. The van der Waals surface area contributed by atoms with Crippen molar-refractivity contribution in [2.24, 2.45) is 5.92 Å². The minimum atomic E-state index is -0.939. The van der Waals surface area contributed by atoms with Crippen LogP contribution in [0.5, 0.6) is 5.75 Å². The zero-order valence-corrected chi connectivity index (χ0v) is 14.8. The number of esters is 1. The number of methoxy groups -OCH3 is 1. The van der Waals surface area contributed by atoms with Gasteiger partial charge >= 0.3 is 11.9 Å². The second kappa shape index (κ2) is 10.7. The van der Waals surface area contributed by atoms with Crippen molar-refractivity contribution in [1.82, 2.24) is 0 Å². The predicted molar refractivity (Wildman–Crippen MR) is 92.1 cm³/mol. The van der Waals surface area contributed by atoms with E-state index in [0.29, 0.717) is 6.42 Å². The molecule has 0 saturated carbocycles. The maximum absolute atomic E-state index is 12.1. The Labute approximate surface area is 144 Å². The third-order valence-electron chi connectivity index (χ3n) is 4.08. The van der Waals surface area contributed by atoms with Crippen molar-refractivity contribution in [2.45, 2.75) is 58.5 Å². The molecule has 134 valence electrons. The van der Waals surface area contributed by atoms with Crippen LogP contribution in [0.15, 0.2) is 24.3 Å². The van der Waals surface area contributed by atoms with Crippen molar-refractivity contribution in [3.05, 3.63) is 29.8 Å². The summed E-state index contributed by atoms with van der Waals surface area (Å²) >= 11 is 0. The van der Waals surface area contributed by atoms with Crippen LogP contribution in [0.4, 0.5) is 0 Å². The molecule has 0 bridgehead atoms. The lowest BCUT2D eigenvalue weighted by Gasteiger charge is -2.22. The van der Waals surface area contributed by atoms with Crippen molar-refractivity contribution in [1.29, 1.82) is 0 Å². The first-order valence-electron chi connectivity index (χ1n) is 8.50. The highest BCUT2D eigenvalue weighted by atomic mass is 16.5. The summed E-state index contributed by atoms with van der Waals surface area (Å²) in [5.41, 5.74) is 1.02. The van der Waals surface area contributed by atoms with Gasteiger partial charge in [0.25, 0.3) is 0 Å². The van der Waals surface area contributed by atoms with Crippen molar-refractivity contribution in [3.63, 3.8) is 0 Å². The number of aryl methyl sites for hydroxylation is 1. The lowest BCUT2D eigenvalue weighted by molar-refractivity contribution is -0.155. The number of ether oxygens (including phenoxy) is 2. The maximum Gasteiger partial charge on any atom is 0.307 e. The highest BCUT2D eigenvalue weighted by Gasteiger charge is 2.24. The molecular formula is C19H28O5. The number of hydrogen-bond acceptors (Lipinski definition) is 4. The molecule has 1 aromatic carbocycles. The van der Waals surface area contributed by atoms with Crippen molar-refractivity contribution < 1.29 is 24.2 Å². The number of carbonyl (C=O) groups excluding carboxylic acids is 1. The molecule has 0 radical (unpaired) electrons. The van der Waals surface area contributed by atoms with Gasteiger partial charge in [0.15, 0.2) is 0 Å². The second-order valence-electron chi connectivity index (χ2n) is 6.09. The SMILES string of the molecule is CCCC[C@H](C)[C@H](CC(=O)O)OC(=O)CCc1ccc(OC)cc1. The van der Waals surface area contributed by atoms with E-state index >= 15 is 0 Å². The minimum Gasteiger partial charge on any atom is -0.497 e. The van der Waals surface area contributed by atoms with E-state index in [4.69, 9.17) is 14.6 Å². The molecule has 0 aliphatic heterocycles. The van der Waals surface area contributed by atoms with E-state index in [1.54, 1.807) is 7.11 Å². The van der Waals surface area contributed by atoms with Gasteiger partial charge in [0, 0.05) is 6.42 Å². The van der Waals surface area contributed by atoms with Gasteiger partial charge in [-0.1, -0.05) is 38.8 Å². The van der Waals surface area contributed by atoms with Gasteiger partial charge in [-0.25, -0.2) is 0 Å². The number of benzene rings is 1. The summed E-state index contributed by atoms with van der Waals surface area (Å²) in [7, 11) is 1.61. The fraction of sp³-hybridized carbons (Fsp3) is 0.579. The van der Waals surface area contributed by atoms with Crippen molar-refractivity contribution in [2.75, 3.05) is 7.11 Å². The molecule has 5 nitrogen and oxygen atoms in total. The van der Waals surface area contributed by atoms with E-state index in [1.165, 1.54) is 0 Å². The largest absolute Gasteiger partial charge is 0.497 e. The maximum atomic E-state index is 12.1. The topological polar surface area (TPSA) is 72.8 Å². The second-order valence-corrected chi connectivity index (χ2v) is 6.09. The number of carboxylic acid groups (broad SMARTS) is 1. The van der Waals surface area contributed by atoms with Crippen LogP contribution in [0.3, 0.4) is 0 Å². The highest BCUT2D eigenvalue weighted by Crippen LogP contribution is 2.19. The molecule has 1 aromatic rings. The molecule has 0 amide bonds. The molecule has 0 spiro atoms. The molecule has 0 aromatic heterocycles. The number of unbranched alkanes of at least 4 members (excludes halogenated alkanes) is 1. The molecule has 0 fully saturated rings. The molecule has 0 aliphatic rings. The summed E-state index contributed by atoms with van der Waals surface area (Å²) in [5, 5.41) is 9.03. The Morgan fingerprint density at radius 1 is 1.21 bits per heavy atom. The Morgan fingerprint density at radius 3 is 2.42 bits per heavy atom. The van der Waals surface area contributed by atoms with E-state index in [2.05, 4.69) is 6.92 Å². The Hall–Kier alpha value is -2.04. The summed E-state index contributed by atoms with van der Waals surface area (Å²) in [6, 6.07) is 7.51. The molecular weight excluding hydrogens is 308 g/mol. The Morgan fingerprint density at radius 2 is 1.88 bits per heavy atom. The predicted octanol–water partition coefficient (Wildman–Crippen LogP) is 3.84. The van der Waals surface area contributed by atoms with Gasteiger partial charge in [-0.2, -0.15) is 0 Å². The summed E-state index contributed by atoms with van der Waals surface area (Å²) in [6.45, 7) is 4.03. The summed E-state index contributed by atoms with van der Waals surface area (Å²) in [6.07, 6.45) is 3.00. The molecule has 5 heteroatoms. The molecule has 0 heterocycles. The molecule has 24 heavy (non-hydrogen) atoms. The average Bonchev–Trinajstić information content (AvgIpc) is 2.57. The van der Waals surface area contributed by atoms with E-state index < -0.39 is 12.1 Å². The van der Waals surface area contributed by atoms with Crippen LogP contribution in [0.2, 0.25) is 0 Å². The van der Waals surface area contributed by atoms with Crippen molar-refractivity contribution in [3.8, 4) is 5.75 Å². The smallest absolute Gasteiger partial charge is 0.307 e. The third-order valence-corrected chi connectivity index (χ3v) is 4.08. The number of carboxylic acids is 1. The zero-order chi connectivity index (χ0) is 17.9. The van der Waals surface area contributed by atoms with Gasteiger partial charge in [0.2, 0.25) is 0 Å². The molecule has 1 N–H and O–H groups in total. The molecule has 2 atom stereocenters. The first-order chi connectivity index (χ1) is 11.5. The standard InChI is InChI=1S/C19H28O5/c1-4-5-6-14(2)17(13-18(20)21)24-19(22)12-9-15-7-10-16(23-3)11-8-15/h7-8,10-11,14,17H,4-6,9,12-13H2,1-3H3,(H,20,21)/t14-,17-/m0/s1. The first-order valence-corrected chi connectivity index (χ1v) is 8.50. The van der Waals surface area contributed by atoms with E-state index in [9.17, 15) is 9.59 Å². The van der Waals surface area contributed by atoms with Crippen LogP contribution >= 0.6 is 0 Å². The first kappa shape index (κ1) is 20.0. The average molecular weight is 336 g/mol. The normalized spacial score (nSPS) is 13.1. The number of rotatable bonds is 11. The van der Waals surface area contributed by atoms with Gasteiger partial charge in [-0.3, -0.25) is 9.59 Å². The molecule has 1 rings (SSSR count). The molecule has 0 unspecified atom stereocenters. The van der Waals surface area contributed by atoms with Crippen LogP contribution in [0.1, 0.15) is 51.5 Å². The van der Waals surface area contributed by atoms with E-state index in [-0.39, 0.29) is 24.7 Å². The summed E-state index contributed by atoms with van der Waals surface area (Å²) in [5.74, 6) is -0.467. The quantitative estimate of drug-likeness (QED) is 0.622. The zero-order valence-electron chi connectivity index (χ0n) is 14.8.